The van der Waals surface area contributed by atoms with Gasteiger partial charge in [-0.25, -0.2) is 16.8 Å². The highest BCUT2D eigenvalue weighted by atomic mass is 79.9. The van der Waals surface area contributed by atoms with Gasteiger partial charge in [0.2, 0.25) is 9.84 Å². The van der Waals surface area contributed by atoms with E-state index < -0.39 is 19.9 Å². The van der Waals surface area contributed by atoms with E-state index in [9.17, 15) is 16.8 Å². The molecule has 0 saturated heterocycles. The highest BCUT2D eigenvalue weighted by Gasteiger charge is 2.22. The lowest BCUT2D eigenvalue weighted by molar-refractivity contribution is 0.595. The Labute approximate surface area is 178 Å². The predicted octanol–water partition coefficient (Wildman–Crippen LogP) is 4.57. The summed E-state index contributed by atoms with van der Waals surface area (Å²) < 4.78 is 54.8. The summed E-state index contributed by atoms with van der Waals surface area (Å²) in [4.78, 5) is -0.0744. The highest BCUT2D eigenvalue weighted by Crippen LogP contribution is 2.28. The normalized spacial score (nSPS) is 13.8. The van der Waals surface area contributed by atoms with Gasteiger partial charge < -0.3 is 0 Å². The Morgan fingerprint density at radius 2 is 1.41 bits per heavy atom. The molecule has 8 heteroatoms. The van der Waals surface area contributed by atoms with Gasteiger partial charge in [0.25, 0.3) is 10.0 Å². The highest BCUT2D eigenvalue weighted by molar-refractivity contribution is 9.10. The van der Waals surface area contributed by atoms with Crippen LogP contribution in [0.5, 0.6) is 0 Å². The van der Waals surface area contributed by atoms with Crippen LogP contribution in [0.4, 0.5) is 5.69 Å². The van der Waals surface area contributed by atoms with Crippen molar-refractivity contribution in [3.8, 4) is 0 Å². The molecule has 1 aliphatic rings. The summed E-state index contributed by atoms with van der Waals surface area (Å²) >= 11 is 3.27. The van der Waals surface area contributed by atoms with Crippen LogP contribution in [0.25, 0.3) is 0 Å². The maximum atomic E-state index is 12.9. The maximum absolute atomic E-state index is 12.9. The number of nitrogens with one attached hydrogen (secondary N) is 1. The molecule has 0 radical (unpaired) electrons. The average molecular weight is 492 g/mol. The van der Waals surface area contributed by atoms with E-state index in [1.165, 1.54) is 42.0 Å². The van der Waals surface area contributed by atoms with Crippen LogP contribution >= 0.6 is 15.9 Å². The molecule has 0 aromatic heterocycles. The Hall–Kier alpha value is -2.16. The molecular formula is C21H18BrNO4S2. The van der Waals surface area contributed by atoms with Crippen molar-refractivity contribution in [1.82, 2.24) is 0 Å². The van der Waals surface area contributed by atoms with E-state index in [4.69, 9.17) is 0 Å². The van der Waals surface area contributed by atoms with Crippen LogP contribution in [0.15, 0.2) is 85.9 Å². The van der Waals surface area contributed by atoms with Crippen molar-refractivity contribution < 1.29 is 16.8 Å². The van der Waals surface area contributed by atoms with Crippen molar-refractivity contribution in [3.63, 3.8) is 0 Å². The molecule has 3 aromatic rings. The fourth-order valence-electron chi connectivity index (χ4n) is 3.41. The number of benzene rings is 3. The zero-order valence-electron chi connectivity index (χ0n) is 15.3. The first-order chi connectivity index (χ1) is 13.8. The summed E-state index contributed by atoms with van der Waals surface area (Å²) in [5, 5.41) is 0. The van der Waals surface area contributed by atoms with Gasteiger partial charge in [-0.05, 0) is 85.0 Å². The number of sulfonamides is 1. The molecule has 0 aliphatic heterocycles. The quantitative estimate of drug-likeness (QED) is 0.566. The number of halogens is 1. The summed E-state index contributed by atoms with van der Waals surface area (Å²) in [5.41, 5.74) is 2.87. The third kappa shape index (κ3) is 4.10. The number of anilines is 1. The average Bonchev–Trinajstić information content (AvgIpc) is 3.16. The molecule has 0 heterocycles. The second-order valence-corrected chi connectivity index (χ2v) is 11.4. The van der Waals surface area contributed by atoms with E-state index >= 15 is 0 Å². The molecule has 1 N–H and O–H groups in total. The van der Waals surface area contributed by atoms with Gasteiger partial charge in [-0.15, -0.1) is 0 Å². The molecule has 4 rings (SSSR count). The number of hydrogen-bond donors (Lipinski definition) is 1. The Morgan fingerprint density at radius 3 is 2.17 bits per heavy atom. The van der Waals surface area contributed by atoms with Crippen molar-refractivity contribution in [3.05, 3.63) is 82.3 Å². The van der Waals surface area contributed by atoms with Gasteiger partial charge in [0.15, 0.2) is 0 Å². The monoisotopic (exact) mass is 491 g/mol. The minimum atomic E-state index is -3.92. The fraction of sp³-hybridized carbons (Fsp3) is 0.143. The van der Waals surface area contributed by atoms with Crippen molar-refractivity contribution in [1.29, 1.82) is 0 Å². The Kier molecular flexibility index (Phi) is 5.27. The summed E-state index contributed by atoms with van der Waals surface area (Å²) in [7, 11) is -7.76. The zero-order chi connectivity index (χ0) is 20.6. The molecule has 0 unspecified atom stereocenters. The van der Waals surface area contributed by atoms with Crippen LogP contribution < -0.4 is 4.72 Å². The smallest absolute Gasteiger partial charge is 0.261 e. The van der Waals surface area contributed by atoms with Gasteiger partial charge in [0.1, 0.15) is 0 Å². The standard InChI is InChI=1S/C21H18BrNO4S2/c22-17-8-11-19(12-9-17)28(24,25)20-5-2-6-21(14-20)29(26,27)23-18-10-7-15-3-1-4-16(15)13-18/h2,5-14,23H,1,3-4H2. The summed E-state index contributed by atoms with van der Waals surface area (Å²) in [6.45, 7) is 0. The molecule has 0 saturated carbocycles. The molecule has 150 valence electrons. The molecule has 29 heavy (non-hydrogen) atoms. The van der Waals surface area contributed by atoms with Gasteiger partial charge >= 0.3 is 0 Å². The first-order valence-corrected chi connectivity index (χ1v) is 12.8. The molecule has 0 atom stereocenters. The summed E-state index contributed by atoms with van der Waals surface area (Å²) in [6.07, 6.45) is 3.02. The molecule has 0 fully saturated rings. The third-order valence-electron chi connectivity index (χ3n) is 4.90. The lowest BCUT2D eigenvalue weighted by Gasteiger charge is -2.11. The first-order valence-electron chi connectivity index (χ1n) is 9.01. The number of sulfone groups is 1. The van der Waals surface area contributed by atoms with E-state index in [2.05, 4.69) is 20.7 Å². The van der Waals surface area contributed by atoms with Crippen molar-refractivity contribution in [2.75, 3.05) is 4.72 Å². The Morgan fingerprint density at radius 1 is 0.724 bits per heavy atom. The van der Waals surface area contributed by atoms with Crippen molar-refractivity contribution in [2.45, 2.75) is 33.9 Å². The van der Waals surface area contributed by atoms with Crippen LogP contribution in [0.1, 0.15) is 17.5 Å². The largest absolute Gasteiger partial charge is 0.280 e. The van der Waals surface area contributed by atoms with Crippen molar-refractivity contribution in [2.24, 2.45) is 0 Å². The summed E-state index contributed by atoms with van der Waals surface area (Å²) in [6, 6.07) is 17.1. The minimum Gasteiger partial charge on any atom is -0.280 e. The third-order valence-corrected chi connectivity index (χ3v) is 8.58. The second kappa shape index (κ2) is 7.59. The molecule has 0 amide bonds. The maximum Gasteiger partial charge on any atom is 0.261 e. The molecule has 0 bridgehead atoms. The van der Waals surface area contributed by atoms with E-state index in [0.29, 0.717) is 5.69 Å². The van der Waals surface area contributed by atoms with Crippen LogP contribution in [-0.2, 0) is 32.7 Å². The number of fused-ring (bicyclic) bond motifs is 1. The molecule has 0 spiro atoms. The number of hydrogen-bond acceptors (Lipinski definition) is 4. The number of rotatable bonds is 5. The van der Waals surface area contributed by atoms with Gasteiger partial charge in [0, 0.05) is 10.2 Å². The molecule has 1 aliphatic carbocycles. The van der Waals surface area contributed by atoms with E-state index in [1.54, 1.807) is 18.2 Å². The van der Waals surface area contributed by atoms with Crippen molar-refractivity contribution >= 4 is 41.5 Å². The number of aryl methyl sites for hydroxylation is 2. The van der Waals surface area contributed by atoms with Crippen LogP contribution in [0, 0.1) is 0 Å². The molecular weight excluding hydrogens is 474 g/mol. The van der Waals surface area contributed by atoms with Crippen LogP contribution in [0.2, 0.25) is 0 Å². The van der Waals surface area contributed by atoms with Crippen LogP contribution in [-0.4, -0.2) is 16.8 Å². The van der Waals surface area contributed by atoms with Gasteiger partial charge in [0.05, 0.1) is 14.7 Å². The second-order valence-electron chi connectivity index (χ2n) is 6.87. The lowest BCUT2D eigenvalue weighted by atomic mass is 10.1. The Balaban J connectivity index is 1.66. The Bertz CT molecular complexity index is 1280. The molecule has 3 aromatic carbocycles. The minimum absolute atomic E-state index is 0.0725. The SMILES string of the molecule is O=S(=O)(Nc1ccc2c(c1)CCC2)c1cccc(S(=O)(=O)c2ccc(Br)cc2)c1. The van der Waals surface area contributed by atoms with Gasteiger partial charge in [-0.1, -0.05) is 28.1 Å². The predicted molar refractivity (Wildman–Crippen MR) is 115 cm³/mol. The van der Waals surface area contributed by atoms with Crippen LogP contribution in [0.3, 0.4) is 0 Å². The fourth-order valence-corrected chi connectivity index (χ4v) is 6.15. The molecule has 5 nitrogen and oxygen atoms in total. The zero-order valence-corrected chi connectivity index (χ0v) is 18.5. The van der Waals surface area contributed by atoms with Gasteiger partial charge in [-0.2, -0.15) is 0 Å². The first kappa shape index (κ1) is 20.1. The van der Waals surface area contributed by atoms with E-state index in [0.717, 1.165) is 29.3 Å². The van der Waals surface area contributed by atoms with E-state index in [1.807, 2.05) is 12.1 Å². The van der Waals surface area contributed by atoms with Gasteiger partial charge in [-0.3, -0.25) is 4.72 Å². The lowest BCUT2D eigenvalue weighted by Crippen LogP contribution is -2.14. The summed E-state index contributed by atoms with van der Waals surface area (Å²) in [5.74, 6) is 0. The van der Waals surface area contributed by atoms with E-state index in [-0.39, 0.29) is 14.7 Å². The topological polar surface area (TPSA) is 80.3 Å².